The monoisotopic (exact) mass is 533 g/mol. The van der Waals surface area contributed by atoms with Crippen LogP contribution in [0.15, 0.2) is 24.4 Å². The lowest BCUT2D eigenvalue weighted by Gasteiger charge is -2.31. The Morgan fingerprint density at radius 1 is 1.21 bits per heavy atom. The summed E-state index contributed by atoms with van der Waals surface area (Å²) in [6.07, 6.45) is 9.23. The summed E-state index contributed by atoms with van der Waals surface area (Å²) in [5.41, 5.74) is 1.70. The smallest absolute Gasteiger partial charge is 0.251 e. The average molecular weight is 534 g/mol. The lowest BCUT2D eigenvalue weighted by atomic mass is 10.0. The lowest BCUT2D eigenvalue weighted by molar-refractivity contribution is -0.122. The zero-order valence-electron chi connectivity index (χ0n) is 23.2. The number of anilines is 4. The van der Waals surface area contributed by atoms with Gasteiger partial charge in [-0.2, -0.15) is 4.98 Å². The van der Waals surface area contributed by atoms with Gasteiger partial charge in [-0.1, -0.05) is 19.8 Å². The van der Waals surface area contributed by atoms with Gasteiger partial charge in [-0.3, -0.25) is 9.59 Å². The minimum atomic E-state index is -0.293. The van der Waals surface area contributed by atoms with Crippen LogP contribution in [0.1, 0.15) is 62.2 Å². The summed E-state index contributed by atoms with van der Waals surface area (Å²) in [6, 6.07) is 5.93. The molecule has 4 aliphatic rings. The maximum Gasteiger partial charge on any atom is 0.251 e. The van der Waals surface area contributed by atoms with E-state index in [0.717, 1.165) is 63.2 Å². The Morgan fingerprint density at radius 2 is 2.00 bits per heavy atom. The van der Waals surface area contributed by atoms with Crippen molar-refractivity contribution in [2.24, 2.45) is 5.41 Å². The van der Waals surface area contributed by atoms with Crippen molar-refractivity contribution in [2.75, 3.05) is 55.5 Å². The largest absolute Gasteiger partial charge is 0.495 e. The van der Waals surface area contributed by atoms with E-state index < -0.39 is 0 Å². The van der Waals surface area contributed by atoms with Crippen molar-refractivity contribution in [3.63, 3.8) is 0 Å². The van der Waals surface area contributed by atoms with Crippen molar-refractivity contribution >= 4 is 35.0 Å². The van der Waals surface area contributed by atoms with Crippen LogP contribution in [0.4, 0.5) is 23.1 Å². The van der Waals surface area contributed by atoms with E-state index in [4.69, 9.17) is 9.72 Å². The maximum absolute atomic E-state index is 13.3. The van der Waals surface area contributed by atoms with Crippen molar-refractivity contribution in [1.82, 2.24) is 20.2 Å². The zero-order valence-corrected chi connectivity index (χ0v) is 23.2. The highest BCUT2D eigenvalue weighted by atomic mass is 16.5. The molecule has 0 bridgehead atoms. The normalized spacial score (nSPS) is 22.6. The Balaban J connectivity index is 1.24. The molecule has 1 saturated heterocycles. The van der Waals surface area contributed by atoms with Crippen LogP contribution in [0.3, 0.4) is 0 Å². The minimum absolute atomic E-state index is 0.0991. The topological polar surface area (TPSA) is 103 Å². The molecule has 1 spiro atoms. The quantitative estimate of drug-likeness (QED) is 0.557. The highest BCUT2D eigenvalue weighted by Gasteiger charge is 2.55. The number of rotatable bonds is 7. The number of ether oxygens (including phenoxy) is 1. The van der Waals surface area contributed by atoms with Crippen LogP contribution in [0.2, 0.25) is 0 Å². The number of likely N-dealkylation sites (tertiary alicyclic amines) is 1. The molecular weight excluding hydrogens is 494 g/mol. The van der Waals surface area contributed by atoms with Gasteiger partial charge in [-0.15, -0.1) is 0 Å². The summed E-state index contributed by atoms with van der Waals surface area (Å²) in [4.78, 5) is 42.2. The summed E-state index contributed by atoms with van der Waals surface area (Å²) in [7, 11) is 3.43. The van der Waals surface area contributed by atoms with E-state index in [1.807, 2.05) is 13.1 Å². The van der Waals surface area contributed by atoms with Gasteiger partial charge < -0.3 is 30.1 Å². The molecule has 10 nitrogen and oxygen atoms in total. The van der Waals surface area contributed by atoms with Crippen molar-refractivity contribution < 1.29 is 14.3 Å². The number of methoxy groups -OCH3 is 1. The number of benzene rings is 1. The summed E-state index contributed by atoms with van der Waals surface area (Å²) in [6.45, 7) is 5.75. The zero-order chi connectivity index (χ0) is 27.1. The first-order chi connectivity index (χ1) is 18.9. The van der Waals surface area contributed by atoms with Gasteiger partial charge >= 0.3 is 0 Å². The fraction of sp³-hybridized carbons (Fsp3) is 0.586. The first-order valence-corrected chi connectivity index (χ1v) is 14.3. The van der Waals surface area contributed by atoms with Gasteiger partial charge in [0.1, 0.15) is 11.4 Å². The highest BCUT2D eigenvalue weighted by Crippen LogP contribution is 2.52. The maximum atomic E-state index is 13.3. The van der Waals surface area contributed by atoms with Crippen LogP contribution in [0.5, 0.6) is 5.75 Å². The number of hydrogen-bond donors (Lipinski definition) is 2. The van der Waals surface area contributed by atoms with E-state index >= 15 is 0 Å². The number of nitrogens with one attached hydrogen (secondary N) is 2. The molecule has 2 saturated carbocycles. The molecule has 1 aromatic carbocycles. The van der Waals surface area contributed by atoms with Crippen LogP contribution in [0.25, 0.3) is 0 Å². The third kappa shape index (κ3) is 4.90. The van der Waals surface area contributed by atoms with E-state index in [9.17, 15) is 9.59 Å². The van der Waals surface area contributed by atoms with E-state index in [1.165, 1.54) is 12.8 Å². The molecule has 3 fully saturated rings. The number of carbonyl (C=O) groups excluding carboxylic acids is 2. The Morgan fingerprint density at radius 3 is 2.69 bits per heavy atom. The Bertz CT molecular complexity index is 1260. The van der Waals surface area contributed by atoms with Gasteiger partial charge in [-0.05, 0) is 56.8 Å². The Hall–Kier alpha value is -3.40. The third-order valence-electron chi connectivity index (χ3n) is 9.00. The number of carbonyl (C=O) groups is 2. The molecular formula is C29H39N7O3. The van der Waals surface area contributed by atoms with Gasteiger partial charge in [-0.25, -0.2) is 4.98 Å². The predicted molar refractivity (Wildman–Crippen MR) is 151 cm³/mol. The van der Waals surface area contributed by atoms with E-state index in [0.29, 0.717) is 35.5 Å². The van der Waals surface area contributed by atoms with Gasteiger partial charge in [0.25, 0.3) is 5.91 Å². The van der Waals surface area contributed by atoms with Crippen LogP contribution < -0.4 is 25.2 Å². The van der Waals surface area contributed by atoms with E-state index in [2.05, 4.69) is 32.3 Å². The van der Waals surface area contributed by atoms with E-state index in [-0.39, 0.29) is 23.3 Å². The van der Waals surface area contributed by atoms with Crippen molar-refractivity contribution in [2.45, 2.75) is 64.0 Å². The van der Waals surface area contributed by atoms with Gasteiger partial charge in [0, 0.05) is 44.3 Å². The third-order valence-corrected chi connectivity index (χ3v) is 9.00. The summed E-state index contributed by atoms with van der Waals surface area (Å²) < 4.78 is 5.64. The van der Waals surface area contributed by atoms with Crippen LogP contribution >= 0.6 is 0 Å². The molecule has 1 aromatic heterocycles. The standard InChI is InChI=1S/C29H39N7O3/c1-4-35-14-11-20(17-35)31-26(37)19-9-10-22(24(15-19)39-3)32-28-30-16-23-25(33-28)36(21-7-5-6-8-21)18-29(12-13-29)27(38)34(23)2/h9-10,15-16,20-21H,4-8,11-14,17-18H2,1-3H3,(H,31,37)(H,30,32,33)/t20-/m1/s1. The fourth-order valence-electron chi connectivity index (χ4n) is 6.41. The number of amides is 2. The second-order valence-electron chi connectivity index (χ2n) is 11.5. The molecule has 2 aromatic rings. The molecule has 2 amide bonds. The van der Waals surface area contributed by atoms with Crippen molar-refractivity contribution in [3.8, 4) is 5.75 Å². The van der Waals surface area contributed by atoms with Gasteiger partial charge in [0.2, 0.25) is 11.9 Å². The molecule has 39 heavy (non-hydrogen) atoms. The second kappa shape index (κ2) is 10.3. The fourth-order valence-corrected chi connectivity index (χ4v) is 6.41. The molecule has 1 atom stereocenters. The number of fused-ring (bicyclic) bond motifs is 1. The molecule has 3 heterocycles. The number of likely N-dealkylation sites (N-methyl/N-ethyl adjacent to an activating group) is 1. The molecule has 0 unspecified atom stereocenters. The first kappa shape index (κ1) is 25.9. The van der Waals surface area contributed by atoms with Crippen LogP contribution in [0, 0.1) is 5.41 Å². The average Bonchev–Trinajstić information content (AvgIpc) is 3.33. The van der Waals surface area contributed by atoms with Crippen molar-refractivity contribution in [3.05, 3.63) is 30.0 Å². The number of hydrogen-bond acceptors (Lipinski definition) is 8. The summed E-state index contributed by atoms with van der Waals surface area (Å²) in [5.74, 6) is 1.86. The molecule has 2 N–H and O–H groups in total. The van der Waals surface area contributed by atoms with Crippen LogP contribution in [-0.2, 0) is 4.79 Å². The number of aromatic nitrogens is 2. The molecule has 208 valence electrons. The van der Waals surface area contributed by atoms with Gasteiger partial charge in [0.05, 0.1) is 24.4 Å². The highest BCUT2D eigenvalue weighted by molar-refractivity contribution is 6.03. The Kier molecular flexibility index (Phi) is 6.82. The molecule has 6 rings (SSSR count). The molecule has 10 heteroatoms. The predicted octanol–water partition coefficient (Wildman–Crippen LogP) is 3.56. The van der Waals surface area contributed by atoms with Crippen LogP contribution in [-0.4, -0.2) is 79.1 Å². The van der Waals surface area contributed by atoms with E-state index in [1.54, 1.807) is 30.3 Å². The van der Waals surface area contributed by atoms with Crippen molar-refractivity contribution in [1.29, 1.82) is 0 Å². The number of nitrogens with zero attached hydrogens (tertiary/aromatic N) is 5. The summed E-state index contributed by atoms with van der Waals surface area (Å²) in [5, 5.41) is 6.46. The SMILES string of the molecule is CCN1CC[C@@H](NC(=O)c2ccc(Nc3ncc4c(n3)N(C3CCCC3)CC3(CC3)C(=O)N4C)c(OC)c2)C1. The lowest BCUT2D eigenvalue weighted by Crippen LogP contribution is -2.41. The van der Waals surface area contributed by atoms with Gasteiger partial charge in [0.15, 0.2) is 5.82 Å². The summed E-state index contributed by atoms with van der Waals surface area (Å²) >= 11 is 0. The first-order valence-electron chi connectivity index (χ1n) is 14.3. The Labute approximate surface area is 230 Å². The molecule has 2 aliphatic heterocycles. The minimum Gasteiger partial charge on any atom is -0.495 e. The molecule has 0 radical (unpaired) electrons. The molecule has 2 aliphatic carbocycles. The second-order valence-corrected chi connectivity index (χ2v) is 11.5.